The molecule has 30 heavy (non-hydrogen) atoms. The van der Waals surface area contributed by atoms with Crippen molar-refractivity contribution in [3.05, 3.63) is 0 Å². The van der Waals surface area contributed by atoms with Crippen molar-refractivity contribution in [1.82, 2.24) is 0 Å². The number of carbonyl (C=O) groups excluding carboxylic acids is 2. The van der Waals surface area contributed by atoms with Crippen LogP contribution in [0.5, 0.6) is 0 Å². The Labute approximate surface area is 163 Å². The first-order valence-corrected chi connectivity index (χ1v) is 8.34. The van der Waals surface area contributed by atoms with Crippen LogP contribution >= 0.6 is 0 Å². The van der Waals surface area contributed by atoms with Gasteiger partial charge in [0.1, 0.15) is 13.2 Å². The van der Waals surface area contributed by atoms with E-state index in [1.165, 1.54) is 13.8 Å². The highest BCUT2D eigenvalue weighted by Gasteiger charge is 3.01. The molecule has 14 heteroatoms. The smallest absolute Gasteiger partial charge is 0.379 e. The molecule has 0 aromatic rings. The first-order chi connectivity index (χ1) is 13.1. The molecule has 0 N–H and O–H groups in total. The number of esters is 2. The molecular weight excluding hydrogens is 446 g/mol. The minimum absolute atomic E-state index is 0.246. The lowest BCUT2D eigenvalue weighted by Crippen LogP contribution is -2.86. The maximum atomic E-state index is 14.6. The maximum Gasteiger partial charge on any atom is 0.379 e. The fourth-order valence-electron chi connectivity index (χ4n) is 2.39. The molecule has 0 aromatic heterocycles. The Kier molecular flexibility index (Phi) is 6.26. The molecule has 0 amide bonds. The van der Waals surface area contributed by atoms with E-state index in [4.69, 9.17) is 0 Å². The molecule has 0 saturated heterocycles. The molecule has 4 nitrogen and oxygen atoms in total. The summed E-state index contributed by atoms with van der Waals surface area (Å²) in [6.45, 7) is 1.07. The number of halogens is 10. The highest BCUT2D eigenvalue weighted by atomic mass is 19.4. The fourth-order valence-corrected chi connectivity index (χ4v) is 2.39. The van der Waals surface area contributed by atoms with E-state index in [1.807, 2.05) is 0 Å². The molecule has 176 valence electrons. The van der Waals surface area contributed by atoms with Gasteiger partial charge in [-0.05, 0) is 27.2 Å². The first kappa shape index (κ1) is 26.3. The fraction of sp³-hybridized carbons (Fsp3) is 0.875. The van der Waals surface area contributed by atoms with Crippen LogP contribution in [0.3, 0.4) is 0 Å². The third-order valence-electron chi connectivity index (χ3n) is 5.10. The van der Waals surface area contributed by atoms with Crippen molar-refractivity contribution in [2.24, 2.45) is 5.41 Å². The van der Waals surface area contributed by atoms with E-state index >= 15 is 0 Å². The normalized spacial score (nSPS) is 31.7. The van der Waals surface area contributed by atoms with Gasteiger partial charge in [-0.15, -0.1) is 0 Å². The summed E-state index contributed by atoms with van der Waals surface area (Å²) in [5.41, 5.74) is -13.5. The SMILES string of the molecule is CCC(C)(C)C(=O)OCCOC(=O)C1(F)C(F)(F)C(C)(F)C(F)(F)C(F)(F)C1(F)F. The Balaban J connectivity index is 3.19. The quantitative estimate of drug-likeness (QED) is 0.330. The Morgan fingerprint density at radius 2 is 1.17 bits per heavy atom. The van der Waals surface area contributed by atoms with Gasteiger partial charge in [0.2, 0.25) is 5.67 Å². The Hall–Kier alpha value is -1.76. The number of carbonyl (C=O) groups is 2. The largest absolute Gasteiger partial charge is 0.462 e. The molecule has 0 bridgehead atoms. The van der Waals surface area contributed by atoms with E-state index in [-0.39, 0.29) is 6.42 Å². The lowest BCUT2D eigenvalue weighted by Gasteiger charge is -2.53. The summed E-state index contributed by atoms with van der Waals surface area (Å²) in [6.07, 6.45) is 0.246. The van der Waals surface area contributed by atoms with Crippen LogP contribution in [0.25, 0.3) is 0 Å². The van der Waals surface area contributed by atoms with Crippen molar-refractivity contribution in [3.8, 4) is 0 Å². The lowest BCUT2D eigenvalue weighted by atomic mass is 9.67. The number of alkyl halides is 10. The molecule has 0 aliphatic heterocycles. The van der Waals surface area contributed by atoms with E-state index in [1.54, 1.807) is 6.92 Å². The predicted octanol–water partition coefficient (Wildman–Crippen LogP) is 4.50. The zero-order valence-electron chi connectivity index (χ0n) is 16.0. The van der Waals surface area contributed by atoms with Crippen molar-refractivity contribution < 1.29 is 63.0 Å². The molecule has 1 saturated carbocycles. The van der Waals surface area contributed by atoms with E-state index in [0.717, 1.165) is 0 Å². The number of hydrogen-bond donors (Lipinski definition) is 0. The standard InChI is InChI=1S/C16H18F10O4/c1-5-10(2,3)8(27)29-6-7-30-9(28)12(18)13(19,20)11(4,17)14(21,22)16(25,26)15(12,23)24/h5-7H2,1-4H3. The van der Waals surface area contributed by atoms with Crippen LogP contribution in [0.4, 0.5) is 43.9 Å². The Bertz CT molecular complexity index is 672. The molecule has 0 heterocycles. The van der Waals surface area contributed by atoms with Gasteiger partial charge in [0, 0.05) is 0 Å². The van der Waals surface area contributed by atoms with Crippen LogP contribution in [0, 0.1) is 5.41 Å². The first-order valence-electron chi connectivity index (χ1n) is 8.34. The van der Waals surface area contributed by atoms with Crippen molar-refractivity contribution in [2.75, 3.05) is 13.2 Å². The van der Waals surface area contributed by atoms with Gasteiger partial charge in [-0.2, -0.15) is 35.1 Å². The van der Waals surface area contributed by atoms with Gasteiger partial charge in [-0.1, -0.05) is 6.92 Å². The number of hydrogen-bond acceptors (Lipinski definition) is 4. The summed E-state index contributed by atoms with van der Waals surface area (Å²) < 4.78 is 146. The highest BCUT2D eigenvalue weighted by molar-refractivity contribution is 5.84. The average Bonchev–Trinajstić information content (AvgIpc) is 2.62. The maximum absolute atomic E-state index is 14.6. The summed E-state index contributed by atoms with van der Waals surface area (Å²) >= 11 is 0. The molecule has 1 aliphatic rings. The van der Waals surface area contributed by atoms with E-state index < -0.39 is 72.5 Å². The average molecular weight is 464 g/mol. The zero-order chi connectivity index (χ0) is 24.2. The van der Waals surface area contributed by atoms with Gasteiger partial charge in [0.15, 0.2) is 0 Å². The third kappa shape index (κ3) is 3.03. The zero-order valence-corrected chi connectivity index (χ0v) is 16.0. The van der Waals surface area contributed by atoms with Gasteiger partial charge in [-0.3, -0.25) is 4.79 Å². The van der Waals surface area contributed by atoms with Crippen LogP contribution in [0.2, 0.25) is 0 Å². The minimum atomic E-state index is -7.07. The lowest BCUT2D eigenvalue weighted by molar-refractivity contribution is -0.450. The van der Waals surface area contributed by atoms with Gasteiger partial charge < -0.3 is 9.47 Å². The van der Waals surface area contributed by atoms with Crippen molar-refractivity contribution >= 4 is 11.9 Å². The molecule has 1 rings (SSSR count). The summed E-state index contributed by atoms with van der Waals surface area (Å²) in [7, 11) is 0. The van der Waals surface area contributed by atoms with Crippen molar-refractivity contribution in [1.29, 1.82) is 0 Å². The molecular formula is C16H18F10O4. The van der Waals surface area contributed by atoms with E-state index in [2.05, 4.69) is 9.47 Å². The summed E-state index contributed by atoms with van der Waals surface area (Å²) in [6, 6.07) is 0. The monoisotopic (exact) mass is 464 g/mol. The van der Waals surface area contributed by atoms with Crippen LogP contribution in [-0.2, 0) is 19.1 Å². The van der Waals surface area contributed by atoms with Crippen molar-refractivity contribution in [3.63, 3.8) is 0 Å². The third-order valence-corrected chi connectivity index (χ3v) is 5.10. The molecule has 2 atom stereocenters. The second-order valence-electron chi connectivity index (χ2n) is 7.47. The molecule has 0 spiro atoms. The Morgan fingerprint density at radius 1 is 0.733 bits per heavy atom. The molecule has 0 radical (unpaired) electrons. The molecule has 0 aromatic carbocycles. The molecule has 1 fully saturated rings. The van der Waals surface area contributed by atoms with Crippen LogP contribution in [0.15, 0.2) is 0 Å². The Morgan fingerprint density at radius 3 is 1.60 bits per heavy atom. The van der Waals surface area contributed by atoms with Crippen LogP contribution in [0.1, 0.15) is 34.1 Å². The van der Waals surface area contributed by atoms with Crippen LogP contribution < -0.4 is 0 Å². The van der Waals surface area contributed by atoms with Gasteiger partial charge in [-0.25, -0.2) is 13.6 Å². The minimum Gasteiger partial charge on any atom is -0.462 e. The van der Waals surface area contributed by atoms with Crippen molar-refractivity contribution in [2.45, 2.75) is 69.1 Å². The summed E-state index contributed by atoms with van der Waals surface area (Å²) in [5.74, 6) is -31.9. The van der Waals surface area contributed by atoms with E-state index in [0.29, 0.717) is 0 Å². The van der Waals surface area contributed by atoms with E-state index in [9.17, 15) is 53.5 Å². The van der Waals surface area contributed by atoms with Gasteiger partial charge in [0.25, 0.3) is 0 Å². The molecule has 2 unspecified atom stereocenters. The predicted molar refractivity (Wildman–Crippen MR) is 79.1 cm³/mol. The second kappa shape index (κ2) is 7.14. The molecule has 1 aliphatic carbocycles. The topological polar surface area (TPSA) is 52.6 Å². The van der Waals surface area contributed by atoms with Gasteiger partial charge in [0.05, 0.1) is 5.41 Å². The second-order valence-corrected chi connectivity index (χ2v) is 7.47. The van der Waals surface area contributed by atoms with Gasteiger partial charge >= 0.3 is 41.3 Å². The van der Waals surface area contributed by atoms with Crippen LogP contribution in [-0.4, -0.2) is 60.2 Å². The number of ether oxygens (including phenoxy) is 2. The summed E-state index contributed by atoms with van der Waals surface area (Å²) in [4.78, 5) is 23.2. The highest BCUT2D eigenvalue weighted by Crippen LogP contribution is 2.69. The summed E-state index contributed by atoms with van der Waals surface area (Å²) in [5, 5.41) is 0. The number of rotatable bonds is 6.